The zero-order chi connectivity index (χ0) is 29.6. The third kappa shape index (κ3) is 7.53. The van der Waals surface area contributed by atoms with E-state index in [0.29, 0.717) is 41.1 Å². The number of phenols is 1. The number of carbonyl (C=O) groups is 1. The number of carbonyl (C=O) groups excluding carboxylic acids is 1. The fourth-order valence-corrected chi connectivity index (χ4v) is 4.75. The number of hydrogen-bond donors (Lipinski definition) is 2. The van der Waals surface area contributed by atoms with E-state index in [9.17, 15) is 14.7 Å². The van der Waals surface area contributed by atoms with Crippen LogP contribution in [0, 0.1) is 6.92 Å². The second-order valence-electron chi connectivity index (χ2n) is 11.2. The van der Waals surface area contributed by atoms with Gasteiger partial charge in [0.25, 0.3) is 0 Å². The van der Waals surface area contributed by atoms with Crippen LogP contribution < -0.4 is 15.7 Å². The number of ether oxygens (including phenoxy) is 1. The number of aryl methyl sites for hydroxylation is 1. The van der Waals surface area contributed by atoms with Crippen LogP contribution in [0.5, 0.6) is 11.5 Å². The van der Waals surface area contributed by atoms with Gasteiger partial charge in [0.05, 0.1) is 6.61 Å². The van der Waals surface area contributed by atoms with E-state index in [4.69, 9.17) is 9.15 Å². The van der Waals surface area contributed by atoms with Crippen LogP contribution in [0.4, 0.5) is 0 Å². The predicted octanol–water partition coefficient (Wildman–Crippen LogP) is 7.03. The number of phenolic OH excluding ortho intramolecular Hbond substituents is 1. The molecule has 0 fully saturated rings. The fraction of sp³-hybridized carbons (Fsp3) is 0.314. The van der Waals surface area contributed by atoms with Gasteiger partial charge in [-0.1, -0.05) is 42.0 Å². The summed E-state index contributed by atoms with van der Waals surface area (Å²) >= 11 is 0. The van der Waals surface area contributed by atoms with Gasteiger partial charge in [0.2, 0.25) is 0 Å². The van der Waals surface area contributed by atoms with Gasteiger partial charge in [-0.05, 0) is 102 Å². The molecule has 0 bridgehead atoms. The predicted molar refractivity (Wildman–Crippen MR) is 164 cm³/mol. The molecule has 0 saturated heterocycles. The maximum absolute atomic E-state index is 13.0. The van der Waals surface area contributed by atoms with Gasteiger partial charge >= 0.3 is 5.63 Å². The lowest BCUT2D eigenvalue weighted by molar-refractivity contribution is 0.0992. The molecule has 0 atom stereocenters. The van der Waals surface area contributed by atoms with E-state index in [1.807, 2.05) is 57.2 Å². The lowest BCUT2D eigenvalue weighted by Gasteiger charge is -2.27. The van der Waals surface area contributed by atoms with Gasteiger partial charge in [-0.25, -0.2) is 4.79 Å². The molecule has 4 rings (SSSR count). The van der Waals surface area contributed by atoms with E-state index in [1.165, 1.54) is 11.6 Å². The molecule has 0 unspecified atom stereocenters. The average Bonchev–Trinajstić information content (AvgIpc) is 2.94. The third-order valence-electron chi connectivity index (χ3n) is 7.30. The Morgan fingerprint density at radius 3 is 2.51 bits per heavy atom. The highest BCUT2D eigenvalue weighted by atomic mass is 16.5. The summed E-state index contributed by atoms with van der Waals surface area (Å²) in [5.41, 5.74) is 4.29. The summed E-state index contributed by atoms with van der Waals surface area (Å²) in [6.07, 6.45) is 3.24. The molecule has 0 radical (unpaired) electrons. The lowest BCUT2D eigenvalue weighted by Crippen LogP contribution is -2.37. The van der Waals surface area contributed by atoms with Crippen molar-refractivity contribution in [2.45, 2.75) is 59.4 Å². The number of fused-ring (bicyclic) bond motifs is 1. The topological polar surface area (TPSA) is 88.8 Å². The highest BCUT2D eigenvalue weighted by molar-refractivity contribution is 5.98. The Balaban J connectivity index is 1.40. The van der Waals surface area contributed by atoms with Gasteiger partial charge in [-0.15, -0.1) is 0 Å². The number of Topliss-reactive ketones (excluding diaryl/α,β-unsaturated/α-hetero) is 1. The quantitative estimate of drug-likeness (QED) is 0.0847. The van der Waals surface area contributed by atoms with E-state index in [1.54, 1.807) is 18.2 Å². The summed E-state index contributed by atoms with van der Waals surface area (Å²) in [5, 5.41) is 14.5. The highest BCUT2D eigenvalue weighted by Gasteiger charge is 2.19. The minimum absolute atomic E-state index is 0.0885. The van der Waals surface area contributed by atoms with Gasteiger partial charge in [0, 0.05) is 34.0 Å². The first kappa shape index (κ1) is 29.8. The number of hydrogen-bond acceptors (Lipinski definition) is 6. The molecule has 0 aliphatic rings. The summed E-state index contributed by atoms with van der Waals surface area (Å²) in [4.78, 5) is 25.9. The normalized spacial score (nSPS) is 11.4. The monoisotopic (exact) mass is 553 g/mol. The second kappa shape index (κ2) is 13.0. The van der Waals surface area contributed by atoms with E-state index in [2.05, 4.69) is 31.3 Å². The maximum atomic E-state index is 13.0. The standard InChI is InChI=1S/C35H39NO5/c1-23(2)12-13-25-20-26(14-16-30(25)37)31(38)22-28-21-27-15-17-32(24(3)33(27)41-34(28)39)40-19-9-18-36-35(4,5)29-10-7-6-8-11-29/h6-8,10-12,14-17,20-21,36-37H,9,13,18-19,22H2,1-5H3. The first-order chi connectivity index (χ1) is 19.5. The van der Waals surface area contributed by atoms with Crippen molar-refractivity contribution in [3.8, 4) is 11.5 Å². The molecular formula is C35H39NO5. The van der Waals surface area contributed by atoms with Crippen molar-refractivity contribution in [1.82, 2.24) is 5.32 Å². The molecule has 3 aromatic carbocycles. The van der Waals surface area contributed by atoms with Crippen molar-refractivity contribution in [1.29, 1.82) is 0 Å². The molecule has 1 heterocycles. The zero-order valence-corrected chi connectivity index (χ0v) is 24.5. The summed E-state index contributed by atoms with van der Waals surface area (Å²) < 4.78 is 11.7. The van der Waals surface area contributed by atoms with Crippen molar-refractivity contribution in [2.24, 2.45) is 0 Å². The van der Waals surface area contributed by atoms with E-state index < -0.39 is 5.63 Å². The van der Waals surface area contributed by atoms with Gasteiger partial charge in [-0.2, -0.15) is 0 Å². The molecular weight excluding hydrogens is 514 g/mol. The van der Waals surface area contributed by atoms with Crippen LogP contribution in [-0.2, 0) is 18.4 Å². The molecule has 1 aromatic heterocycles. The van der Waals surface area contributed by atoms with Crippen molar-refractivity contribution in [3.05, 3.63) is 117 Å². The van der Waals surface area contributed by atoms with Crippen LogP contribution in [0.15, 0.2) is 87.6 Å². The molecule has 6 nitrogen and oxygen atoms in total. The first-order valence-corrected chi connectivity index (χ1v) is 14.0. The van der Waals surface area contributed by atoms with Crippen LogP contribution in [0.3, 0.4) is 0 Å². The van der Waals surface area contributed by atoms with Crippen LogP contribution in [0.1, 0.15) is 66.7 Å². The minimum Gasteiger partial charge on any atom is -0.508 e. The van der Waals surface area contributed by atoms with E-state index in [0.717, 1.165) is 29.5 Å². The Morgan fingerprint density at radius 1 is 1.02 bits per heavy atom. The zero-order valence-electron chi connectivity index (χ0n) is 24.5. The van der Waals surface area contributed by atoms with Crippen LogP contribution in [-0.4, -0.2) is 24.0 Å². The van der Waals surface area contributed by atoms with Gasteiger partial charge in [0.15, 0.2) is 5.78 Å². The van der Waals surface area contributed by atoms with Crippen LogP contribution in [0.25, 0.3) is 11.0 Å². The second-order valence-corrected chi connectivity index (χ2v) is 11.2. The molecule has 2 N–H and O–H groups in total. The summed E-state index contributed by atoms with van der Waals surface area (Å²) in [6.45, 7) is 11.5. The Labute approximate surface area is 241 Å². The number of rotatable bonds is 12. The van der Waals surface area contributed by atoms with E-state index in [-0.39, 0.29) is 23.5 Å². The molecule has 0 spiro atoms. The molecule has 4 aromatic rings. The largest absolute Gasteiger partial charge is 0.508 e. The minimum atomic E-state index is -0.540. The number of allylic oxidation sites excluding steroid dienone is 2. The van der Waals surface area contributed by atoms with Gasteiger partial charge in [0.1, 0.15) is 17.1 Å². The number of nitrogens with one attached hydrogen (secondary N) is 1. The number of ketones is 1. The van der Waals surface area contributed by atoms with Gasteiger partial charge in [-0.3, -0.25) is 4.79 Å². The molecule has 0 amide bonds. The Bertz CT molecular complexity index is 1610. The lowest BCUT2D eigenvalue weighted by atomic mass is 9.94. The van der Waals surface area contributed by atoms with Crippen LogP contribution >= 0.6 is 0 Å². The smallest absolute Gasteiger partial charge is 0.339 e. The van der Waals surface area contributed by atoms with Crippen molar-refractivity contribution in [3.63, 3.8) is 0 Å². The highest BCUT2D eigenvalue weighted by Crippen LogP contribution is 2.28. The number of benzene rings is 3. The van der Waals surface area contributed by atoms with Crippen molar-refractivity contribution >= 4 is 16.8 Å². The molecule has 214 valence electrons. The van der Waals surface area contributed by atoms with Crippen molar-refractivity contribution in [2.75, 3.05) is 13.2 Å². The average molecular weight is 554 g/mol. The Hall–Kier alpha value is -4.16. The molecule has 0 aliphatic carbocycles. The fourth-order valence-electron chi connectivity index (χ4n) is 4.75. The third-order valence-corrected chi connectivity index (χ3v) is 7.30. The van der Waals surface area contributed by atoms with Crippen LogP contribution in [0.2, 0.25) is 0 Å². The number of aromatic hydroxyl groups is 1. The summed E-state index contributed by atoms with van der Waals surface area (Å²) in [5.74, 6) is 0.598. The Morgan fingerprint density at radius 2 is 1.78 bits per heavy atom. The van der Waals surface area contributed by atoms with Crippen molar-refractivity contribution < 1.29 is 19.1 Å². The SMILES string of the molecule is CC(C)=CCc1cc(C(=O)Cc2cc3ccc(OCCCNC(C)(C)c4ccccc4)c(C)c3oc2=O)ccc1O. The Kier molecular flexibility index (Phi) is 9.46. The summed E-state index contributed by atoms with van der Waals surface area (Å²) in [6, 6.07) is 20.6. The first-order valence-electron chi connectivity index (χ1n) is 14.0. The molecule has 41 heavy (non-hydrogen) atoms. The molecule has 0 aliphatic heterocycles. The maximum Gasteiger partial charge on any atom is 0.339 e. The van der Waals surface area contributed by atoms with E-state index >= 15 is 0 Å². The van der Waals surface area contributed by atoms with Gasteiger partial charge < -0.3 is 19.6 Å². The molecule has 6 heteroatoms. The molecule has 0 saturated carbocycles. The summed E-state index contributed by atoms with van der Waals surface area (Å²) in [7, 11) is 0.